The third-order valence-electron chi connectivity index (χ3n) is 3.03. The standard InChI is InChI=1S/C14H19NO2S/c1-14(2,3)11-4-6-12(7-5-11)15-13-8-9-18(16,17)10-13/h4-9,13,15H,10H2,1-3H3/t13-/m0/s1. The molecule has 0 unspecified atom stereocenters. The van der Waals surface area contributed by atoms with Crippen LogP contribution in [0.3, 0.4) is 0 Å². The topological polar surface area (TPSA) is 46.2 Å². The molecule has 2 rings (SSSR count). The number of hydrogen-bond donors (Lipinski definition) is 1. The van der Waals surface area contributed by atoms with E-state index in [0.29, 0.717) is 0 Å². The van der Waals surface area contributed by atoms with Gasteiger partial charge in [-0.2, -0.15) is 0 Å². The van der Waals surface area contributed by atoms with Crippen molar-refractivity contribution >= 4 is 15.5 Å². The zero-order chi connectivity index (χ0) is 13.4. The summed E-state index contributed by atoms with van der Waals surface area (Å²) >= 11 is 0. The molecule has 4 heteroatoms. The van der Waals surface area contributed by atoms with Gasteiger partial charge in [-0.05, 0) is 23.1 Å². The van der Waals surface area contributed by atoms with Gasteiger partial charge in [0.15, 0.2) is 9.84 Å². The van der Waals surface area contributed by atoms with E-state index in [9.17, 15) is 8.42 Å². The summed E-state index contributed by atoms with van der Waals surface area (Å²) < 4.78 is 22.6. The molecular formula is C14H19NO2S. The second-order valence-corrected chi connectivity index (χ2v) is 7.67. The smallest absolute Gasteiger partial charge is 0.173 e. The van der Waals surface area contributed by atoms with Crippen molar-refractivity contribution < 1.29 is 8.42 Å². The maximum atomic E-state index is 11.3. The fourth-order valence-electron chi connectivity index (χ4n) is 1.95. The van der Waals surface area contributed by atoms with E-state index in [1.807, 2.05) is 12.1 Å². The van der Waals surface area contributed by atoms with Crippen molar-refractivity contribution in [2.75, 3.05) is 11.1 Å². The Morgan fingerprint density at radius 2 is 1.78 bits per heavy atom. The Kier molecular flexibility index (Phi) is 3.23. The normalized spacial score (nSPS) is 22.1. The highest BCUT2D eigenvalue weighted by molar-refractivity contribution is 7.94. The quantitative estimate of drug-likeness (QED) is 0.894. The van der Waals surface area contributed by atoms with E-state index in [4.69, 9.17) is 0 Å². The molecule has 1 aromatic carbocycles. The van der Waals surface area contributed by atoms with Crippen LogP contribution in [0.25, 0.3) is 0 Å². The molecule has 1 N–H and O–H groups in total. The van der Waals surface area contributed by atoms with Gasteiger partial charge in [0.2, 0.25) is 0 Å². The second kappa shape index (κ2) is 4.43. The lowest BCUT2D eigenvalue weighted by molar-refractivity contribution is 0.590. The van der Waals surface area contributed by atoms with Gasteiger partial charge >= 0.3 is 0 Å². The summed E-state index contributed by atoms with van der Waals surface area (Å²) in [6, 6.07) is 8.04. The van der Waals surface area contributed by atoms with Gasteiger partial charge in [-0.15, -0.1) is 0 Å². The zero-order valence-electron chi connectivity index (χ0n) is 11.0. The third-order valence-corrected chi connectivity index (χ3v) is 4.43. The minimum Gasteiger partial charge on any atom is -0.378 e. The van der Waals surface area contributed by atoms with E-state index in [1.165, 1.54) is 11.0 Å². The number of sulfone groups is 1. The maximum absolute atomic E-state index is 11.3. The van der Waals surface area contributed by atoms with Gasteiger partial charge < -0.3 is 5.32 Å². The molecule has 0 saturated heterocycles. The lowest BCUT2D eigenvalue weighted by Crippen LogP contribution is -2.21. The fraction of sp³-hybridized carbons (Fsp3) is 0.429. The largest absolute Gasteiger partial charge is 0.378 e. The molecule has 1 atom stereocenters. The molecule has 98 valence electrons. The molecule has 1 heterocycles. The van der Waals surface area contributed by atoms with Gasteiger partial charge in [-0.1, -0.05) is 39.0 Å². The molecular weight excluding hydrogens is 246 g/mol. The van der Waals surface area contributed by atoms with Crippen LogP contribution < -0.4 is 5.32 Å². The van der Waals surface area contributed by atoms with Crippen molar-refractivity contribution in [3.05, 3.63) is 41.3 Å². The highest BCUT2D eigenvalue weighted by Crippen LogP contribution is 2.24. The number of anilines is 1. The van der Waals surface area contributed by atoms with Crippen molar-refractivity contribution in [1.82, 2.24) is 0 Å². The number of hydrogen-bond acceptors (Lipinski definition) is 3. The predicted octanol–water partition coefficient (Wildman–Crippen LogP) is 2.71. The molecule has 0 amide bonds. The summed E-state index contributed by atoms with van der Waals surface area (Å²) in [4.78, 5) is 0. The van der Waals surface area contributed by atoms with Crippen LogP contribution in [0.1, 0.15) is 26.3 Å². The van der Waals surface area contributed by atoms with Crippen LogP contribution in [-0.4, -0.2) is 20.2 Å². The molecule has 0 aromatic heterocycles. The van der Waals surface area contributed by atoms with Crippen molar-refractivity contribution in [3.8, 4) is 0 Å². The molecule has 0 saturated carbocycles. The summed E-state index contributed by atoms with van der Waals surface area (Å²) in [7, 11) is -2.99. The van der Waals surface area contributed by atoms with E-state index >= 15 is 0 Å². The van der Waals surface area contributed by atoms with Crippen molar-refractivity contribution in [2.24, 2.45) is 0 Å². The van der Waals surface area contributed by atoms with E-state index in [-0.39, 0.29) is 17.2 Å². The van der Waals surface area contributed by atoms with Gasteiger partial charge in [0.05, 0.1) is 11.8 Å². The number of benzene rings is 1. The van der Waals surface area contributed by atoms with Crippen LogP contribution in [-0.2, 0) is 15.3 Å². The average Bonchev–Trinajstić information content (AvgIpc) is 2.57. The van der Waals surface area contributed by atoms with Crippen molar-refractivity contribution in [1.29, 1.82) is 0 Å². The monoisotopic (exact) mass is 265 g/mol. The van der Waals surface area contributed by atoms with Gasteiger partial charge in [-0.25, -0.2) is 8.42 Å². The van der Waals surface area contributed by atoms with Gasteiger partial charge in [-0.3, -0.25) is 0 Å². The fourth-order valence-corrected chi connectivity index (χ4v) is 3.18. The van der Waals surface area contributed by atoms with Crippen LogP contribution in [0.2, 0.25) is 0 Å². The first kappa shape index (κ1) is 13.1. The molecule has 0 radical (unpaired) electrons. The first-order chi connectivity index (χ1) is 8.26. The minimum atomic E-state index is -2.99. The Morgan fingerprint density at radius 3 is 2.22 bits per heavy atom. The lowest BCUT2D eigenvalue weighted by atomic mass is 9.87. The molecule has 18 heavy (non-hydrogen) atoms. The third kappa shape index (κ3) is 3.13. The molecule has 0 aliphatic carbocycles. The summed E-state index contributed by atoms with van der Waals surface area (Å²) in [5.74, 6) is 0.147. The summed E-state index contributed by atoms with van der Waals surface area (Å²) in [6.07, 6.45) is 1.70. The lowest BCUT2D eigenvalue weighted by Gasteiger charge is -2.20. The Bertz CT molecular complexity index is 550. The Labute approximate surface area is 109 Å². The summed E-state index contributed by atoms with van der Waals surface area (Å²) in [6.45, 7) is 6.51. The van der Waals surface area contributed by atoms with E-state index < -0.39 is 9.84 Å². The van der Waals surface area contributed by atoms with Crippen LogP contribution in [0.4, 0.5) is 5.69 Å². The first-order valence-electron chi connectivity index (χ1n) is 6.04. The van der Waals surface area contributed by atoms with Crippen LogP contribution >= 0.6 is 0 Å². The zero-order valence-corrected chi connectivity index (χ0v) is 11.8. The first-order valence-corrected chi connectivity index (χ1v) is 7.76. The van der Waals surface area contributed by atoms with E-state index in [0.717, 1.165) is 5.69 Å². The Hall–Kier alpha value is -1.29. The van der Waals surface area contributed by atoms with Gasteiger partial charge in [0, 0.05) is 11.1 Å². The van der Waals surface area contributed by atoms with Crippen LogP contribution in [0, 0.1) is 0 Å². The predicted molar refractivity (Wildman–Crippen MR) is 75.5 cm³/mol. The summed E-state index contributed by atoms with van der Waals surface area (Å²) in [5.41, 5.74) is 2.35. The molecule has 3 nitrogen and oxygen atoms in total. The van der Waals surface area contributed by atoms with Gasteiger partial charge in [0.25, 0.3) is 0 Å². The summed E-state index contributed by atoms with van der Waals surface area (Å²) in [5, 5.41) is 4.50. The van der Waals surface area contributed by atoms with Crippen LogP contribution in [0.5, 0.6) is 0 Å². The van der Waals surface area contributed by atoms with Crippen LogP contribution in [0.15, 0.2) is 35.7 Å². The maximum Gasteiger partial charge on any atom is 0.173 e. The SMILES string of the molecule is CC(C)(C)c1ccc(N[C@H]2C=CS(=O)(=O)C2)cc1. The Morgan fingerprint density at radius 1 is 1.17 bits per heavy atom. The number of rotatable bonds is 2. The molecule has 1 aromatic rings. The minimum absolute atomic E-state index is 0.115. The Balaban J connectivity index is 2.06. The van der Waals surface area contributed by atoms with Crippen molar-refractivity contribution in [3.63, 3.8) is 0 Å². The highest BCUT2D eigenvalue weighted by Gasteiger charge is 2.21. The van der Waals surface area contributed by atoms with E-state index in [1.54, 1.807) is 6.08 Å². The molecule has 0 fully saturated rings. The number of nitrogens with one attached hydrogen (secondary N) is 1. The molecule has 0 spiro atoms. The highest BCUT2D eigenvalue weighted by atomic mass is 32.2. The van der Waals surface area contributed by atoms with Gasteiger partial charge in [0.1, 0.15) is 0 Å². The molecule has 1 aliphatic rings. The average molecular weight is 265 g/mol. The van der Waals surface area contributed by atoms with Crippen molar-refractivity contribution in [2.45, 2.75) is 32.2 Å². The second-order valence-electron chi connectivity index (χ2n) is 5.74. The molecule has 1 aliphatic heterocycles. The van der Waals surface area contributed by atoms with E-state index in [2.05, 4.69) is 38.2 Å². The molecule has 0 bridgehead atoms.